The van der Waals surface area contributed by atoms with E-state index in [1.165, 1.54) is 0 Å². The highest BCUT2D eigenvalue weighted by atomic mass is 16.5. The number of nitrogens with zero attached hydrogens (tertiary/aromatic N) is 2. The van der Waals surface area contributed by atoms with Crippen molar-refractivity contribution in [2.45, 2.75) is 25.8 Å². The first-order chi connectivity index (χ1) is 10.2. The molecule has 1 aromatic carbocycles. The van der Waals surface area contributed by atoms with Crippen molar-refractivity contribution in [3.8, 4) is 0 Å². The van der Waals surface area contributed by atoms with E-state index in [2.05, 4.69) is 10.2 Å². The fourth-order valence-electron chi connectivity index (χ4n) is 2.36. The lowest BCUT2D eigenvalue weighted by molar-refractivity contribution is -0.144. The number of aromatic amines is 1. The van der Waals surface area contributed by atoms with Crippen LogP contribution in [0.2, 0.25) is 0 Å². The molecule has 0 unspecified atom stereocenters. The molecule has 2 aromatic rings. The maximum atomic E-state index is 12.7. The van der Waals surface area contributed by atoms with E-state index in [1.54, 1.807) is 11.8 Å². The molecule has 0 spiro atoms. The third-order valence-corrected chi connectivity index (χ3v) is 3.53. The van der Waals surface area contributed by atoms with Crippen LogP contribution >= 0.6 is 0 Å². The van der Waals surface area contributed by atoms with Crippen LogP contribution < -0.4 is 0 Å². The van der Waals surface area contributed by atoms with Gasteiger partial charge in [0.2, 0.25) is 0 Å². The quantitative estimate of drug-likeness (QED) is 0.850. The molecule has 1 N–H and O–H groups in total. The van der Waals surface area contributed by atoms with Crippen LogP contribution in [0, 0.1) is 0 Å². The van der Waals surface area contributed by atoms with Gasteiger partial charge in [-0.25, -0.2) is 0 Å². The lowest BCUT2D eigenvalue weighted by Crippen LogP contribution is -2.38. The number of hydrogen-bond donors (Lipinski definition) is 1. The second-order valence-electron chi connectivity index (χ2n) is 5.09. The summed E-state index contributed by atoms with van der Waals surface area (Å²) in [5, 5.41) is 7.73. The molecule has 1 saturated carbocycles. The Balaban J connectivity index is 1.85. The molecule has 110 valence electrons. The molecule has 1 aromatic heterocycles. The van der Waals surface area contributed by atoms with Gasteiger partial charge in [-0.05, 0) is 25.8 Å². The number of esters is 1. The Morgan fingerprint density at radius 1 is 1.38 bits per heavy atom. The fourth-order valence-corrected chi connectivity index (χ4v) is 2.36. The third kappa shape index (κ3) is 2.74. The Kier molecular flexibility index (Phi) is 3.60. The molecule has 1 aliphatic rings. The Hall–Kier alpha value is -2.37. The summed E-state index contributed by atoms with van der Waals surface area (Å²) in [5.41, 5.74) is 1.18. The fraction of sp³-hybridized carbons (Fsp3) is 0.400. The summed E-state index contributed by atoms with van der Waals surface area (Å²) in [5.74, 6) is -0.597. The number of para-hydroxylation sites is 1. The molecule has 21 heavy (non-hydrogen) atoms. The monoisotopic (exact) mass is 287 g/mol. The predicted octanol–water partition coefficient (Wildman–Crippen LogP) is 1.73. The lowest BCUT2D eigenvalue weighted by atomic mass is 10.2. The minimum Gasteiger partial charge on any atom is -0.465 e. The molecule has 1 aliphatic carbocycles. The number of hydrogen-bond acceptors (Lipinski definition) is 4. The van der Waals surface area contributed by atoms with Gasteiger partial charge in [-0.1, -0.05) is 18.2 Å². The van der Waals surface area contributed by atoms with Gasteiger partial charge in [0.25, 0.3) is 5.91 Å². The van der Waals surface area contributed by atoms with Crippen LogP contribution in [0.4, 0.5) is 0 Å². The van der Waals surface area contributed by atoms with Crippen molar-refractivity contribution in [1.82, 2.24) is 15.1 Å². The van der Waals surface area contributed by atoms with E-state index in [0.29, 0.717) is 12.3 Å². The largest absolute Gasteiger partial charge is 0.465 e. The van der Waals surface area contributed by atoms with Gasteiger partial charge in [0, 0.05) is 11.4 Å². The van der Waals surface area contributed by atoms with Crippen LogP contribution in [-0.4, -0.2) is 46.2 Å². The molecular formula is C15H17N3O3. The van der Waals surface area contributed by atoms with Crippen molar-refractivity contribution in [3.05, 3.63) is 30.0 Å². The topological polar surface area (TPSA) is 75.3 Å². The maximum absolute atomic E-state index is 12.7. The van der Waals surface area contributed by atoms with E-state index >= 15 is 0 Å². The second-order valence-corrected chi connectivity index (χ2v) is 5.09. The predicted molar refractivity (Wildman–Crippen MR) is 76.8 cm³/mol. The van der Waals surface area contributed by atoms with Crippen LogP contribution in [0.3, 0.4) is 0 Å². The zero-order valence-corrected chi connectivity index (χ0v) is 11.8. The van der Waals surface area contributed by atoms with Gasteiger partial charge >= 0.3 is 5.97 Å². The smallest absolute Gasteiger partial charge is 0.325 e. The molecule has 0 atom stereocenters. The molecule has 0 saturated heterocycles. The van der Waals surface area contributed by atoms with Gasteiger partial charge < -0.3 is 9.64 Å². The Morgan fingerprint density at radius 3 is 2.86 bits per heavy atom. The minimum atomic E-state index is -0.377. The van der Waals surface area contributed by atoms with Crippen molar-refractivity contribution in [3.63, 3.8) is 0 Å². The van der Waals surface area contributed by atoms with Crippen molar-refractivity contribution >= 4 is 22.8 Å². The number of carbonyl (C=O) groups is 2. The van der Waals surface area contributed by atoms with Crippen molar-refractivity contribution < 1.29 is 14.3 Å². The van der Waals surface area contributed by atoms with Gasteiger partial charge in [0.15, 0.2) is 5.69 Å². The van der Waals surface area contributed by atoms with Gasteiger partial charge in [-0.2, -0.15) is 5.10 Å². The summed E-state index contributed by atoms with van der Waals surface area (Å²) >= 11 is 0. The molecule has 1 amide bonds. The van der Waals surface area contributed by atoms with Crippen molar-refractivity contribution in [1.29, 1.82) is 0 Å². The first-order valence-electron chi connectivity index (χ1n) is 7.10. The summed E-state index contributed by atoms with van der Waals surface area (Å²) in [4.78, 5) is 25.9. The highest BCUT2D eigenvalue weighted by molar-refractivity contribution is 6.05. The molecule has 6 nitrogen and oxygen atoms in total. The van der Waals surface area contributed by atoms with Crippen LogP contribution in [0.5, 0.6) is 0 Å². The van der Waals surface area contributed by atoms with Crippen molar-refractivity contribution in [2.24, 2.45) is 0 Å². The number of aromatic nitrogens is 2. The molecule has 1 heterocycles. The molecular weight excluding hydrogens is 270 g/mol. The van der Waals surface area contributed by atoms with Gasteiger partial charge in [0.05, 0.1) is 12.1 Å². The van der Waals surface area contributed by atoms with Crippen LogP contribution in [-0.2, 0) is 9.53 Å². The van der Waals surface area contributed by atoms with Gasteiger partial charge in [0.1, 0.15) is 6.54 Å². The van der Waals surface area contributed by atoms with E-state index in [-0.39, 0.29) is 24.5 Å². The van der Waals surface area contributed by atoms with Crippen LogP contribution in [0.25, 0.3) is 10.9 Å². The van der Waals surface area contributed by atoms with E-state index in [9.17, 15) is 9.59 Å². The second kappa shape index (κ2) is 5.55. The number of nitrogens with one attached hydrogen (secondary N) is 1. The molecule has 0 radical (unpaired) electrons. The van der Waals surface area contributed by atoms with E-state index in [0.717, 1.165) is 23.7 Å². The third-order valence-electron chi connectivity index (χ3n) is 3.53. The molecule has 3 rings (SSSR count). The summed E-state index contributed by atoms with van der Waals surface area (Å²) in [7, 11) is 0. The summed E-state index contributed by atoms with van der Waals surface area (Å²) in [6.45, 7) is 2.05. The number of carbonyl (C=O) groups excluding carboxylic acids is 2. The average molecular weight is 287 g/mol. The molecule has 1 fully saturated rings. The Morgan fingerprint density at radius 2 is 2.14 bits per heavy atom. The van der Waals surface area contributed by atoms with Crippen molar-refractivity contribution in [2.75, 3.05) is 13.2 Å². The Bertz CT molecular complexity index is 676. The summed E-state index contributed by atoms with van der Waals surface area (Å²) < 4.78 is 4.94. The molecule has 6 heteroatoms. The van der Waals surface area contributed by atoms with E-state index < -0.39 is 0 Å². The SMILES string of the molecule is CCOC(=O)CN(C(=O)c1n[nH]c2ccccc12)C1CC1. The number of amides is 1. The van der Waals surface area contributed by atoms with Gasteiger partial charge in [-0.15, -0.1) is 0 Å². The standard InChI is InChI=1S/C15H17N3O3/c1-2-21-13(19)9-18(10-7-8-10)15(20)14-11-5-3-4-6-12(11)16-17-14/h3-6,10H,2,7-9H2,1H3,(H,16,17). The van der Waals surface area contributed by atoms with Gasteiger partial charge in [-0.3, -0.25) is 14.7 Å². The lowest BCUT2D eigenvalue weighted by Gasteiger charge is -2.20. The first-order valence-corrected chi connectivity index (χ1v) is 7.10. The normalized spacial score (nSPS) is 14.1. The number of rotatable bonds is 5. The highest BCUT2D eigenvalue weighted by Crippen LogP contribution is 2.29. The maximum Gasteiger partial charge on any atom is 0.325 e. The molecule has 0 aliphatic heterocycles. The molecule has 0 bridgehead atoms. The zero-order valence-electron chi connectivity index (χ0n) is 11.8. The van der Waals surface area contributed by atoms with Crippen LogP contribution in [0.15, 0.2) is 24.3 Å². The number of fused-ring (bicyclic) bond motifs is 1. The van der Waals surface area contributed by atoms with E-state index in [1.807, 2.05) is 24.3 Å². The van der Waals surface area contributed by atoms with E-state index in [4.69, 9.17) is 4.74 Å². The summed E-state index contributed by atoms with van der Waals surface area (Å²) in [6.07, 6.45) is 1.85. The number of ether oxygens (including phenoxy) is 1. The van der Waals surface area contributed by atoms with Crippen LogP contribution in [0.1, 0.15) is 30.3 Å². The Labute approximate surface area is 122 Å². The number of H-pyrrole nitrogens is 1. The summed E-state index contributed by atoms with van der Waals surface area (Å²) in [6, 6.07) is 7.58. The highest BCUT2D eigenvalue weighted by Gasteiger charge is 2.36. The zero-order chi connectivity index (χ0) is 14.8. The minimum absolute atomic E-state index is 0.0154. The number of benzene rings is 1. The first kappa shape index (κ1) is 13.6. The average Bonchev–Trinajstić information content (AvgIpc) is 3.23.